The van der Waals surface area contributed by atoms with E-state index in [4.69, 9.17) is 36.1 Å². The van der Waals surface area contributed by atoms with E-state index < -0.39 is 42.8 Å². The van der Waals surface area contributed by atoms with Crippen LogP contribution >= 0.6 is 6.64 Å². The molecule has 0 saturated carbocycles. The minimum Gasteiger partial charge on any atom is -0.462 e. The van der Waals surface area contributed by atoms with Crippen LogP contribution in [0.4, 0.5) is 16.2 Å². The van der Waals surface area contributed by atoms with Gasteiger partial charge >= 0.3 is 12.6 Å². The highest BCUT2D eigenvalue weighted by Crippen LogP contribution is 2.48. The molecule has 2 aromatic heterocycles. The van der Waals surface area contributed by atoms with Crippen molar-refractivity contribution >= 4 is 47.3 Å². The number of nitrogen functional groups attached to an aromatic ring is 1. The van der Waals surface area contributed by atoms with Crippen LogP contribution in [0.1, 0.15) is 33.9 Å². The van der Waals surface area contributed by atoms with Crippen molar-refractivity contribution in [2.75, 3.05) is 24.7 Å². The second-order valence-corrected chi connectivity index (χ2v) is 12.8. The molecule has 2 unspecified atom stereocenters. The summed E-state index contributed by atoms with van der Waals surface area (Å²) < 4.78 is 40.5. The number of carbonyl (C=O) groups excluding carboxylic acids is 1. The number of nitrogens with one attached hydrogen (secondary N) is 2. The number of aliphatic hydroxyl groups is 1. The lowest BCUT2D eigenvalue weighted by Crippen LogP contribution is -2.41. The number of para-hydroxylation sites is 1. The van der Waals surface area contributed by atoms with E-state index in [2.05, 4.69) is 25.4 Å². The number of nitrogens with two attached hydrogens (primary N) is 1. The maximum Gasteiger partial charge on any atom is 0.323 e. The lowest BCUT2D eigenvalue weighted by atomic mass is 9.98. The number of rotatable bonds is 11. The lowest BCUT2D eigenvalue weighted by molar-refractivity contribution is -0.149. The molecule has 5 N–H and O–H groups in total. The Morgan fingerprint density at radius 1 is 1.32 bits per heavy atom. The van der Waals surface area contributed by atoms with Crippen LogP contribution < -0.4 is 20.7 Å². The van der Waals surface area contributed by atoms with E-state index in [-0.39, 0.29) is 24.3 Å². The van der Waals surface area contributed by atoms with Gasteiger partial charge < -0.3 is 34.7 Å². The number of imidazole rings is 1. The number of benzene rings is 1. The third kappa shape index (κ3) is 6.35. The van der Waals surface area contributed by atoms with E-state index in [0.29, 0.717) is 17.1 Å². The third-order valence-corrected chi connectivity index (χ3v) is 8.58. The van der Waals surface area contributed by atoms with Gasteiger partial charge in [-0.15, -0.1) is 0 Å². The molecule has 0 radical (unpaired) electrons. The number of esters is 1. The van der Waals surface area contributed by atoms with Crippen molar-refractivity contribution in [2.24, 2.45) is 0 Å². The number of hydrogen-bond acceptors (Lipinski definition) is 12. The van der Waals surface area contributed by atoms with Crippen LogP contribution in [0.15, 0.2) is 36.7 Å². The number of alkyl halides is 1. The highest BCUT2D eigenvalue weighted by molar-refractivity contribution is 8.09. The predicted octanol–water partition coefficient (Wildman–Crippen LogP) is 2.69. The number of nitrogens with zero attached hydrogens (tertiary/aromatic N) is 4. The summed E-state index contributed by atoms with van der Waals surface area (Å²) in [6, 6.07) is 7.77. The van der Waals surface area contributed by atoms with Gasteiger partial charge in [0.25, 0.3) is 0 Å². The molecule has 40 heavy (non-hydrogen) atoms. The minimum absolute atomic E-state index is 0.0486. The van der Waals surface area contributed by atoms with Gasteiger partial charge in [-0.2, -0.15) is 9.97 Å². The molecule has 13 nitrogen and oxygen atoms in total. The van der Waals surface area contributed by atoms with Crippen LogP contribution in [0, 0.1) is 0 Å². The van der Waals surface area contributed by atoms with Crippen LogP contribution in [0.5, 0.6) is 5.75 Å². The van der Waals surface area contributed by atoms with E-state index in [0.717, 1.165) is 0 Å². The summed E-state index contributed by atoms with van der Waals surface area (Å²) in [6.45, 7) is 2.42. The SMILES string of the molecule is CNc1nc(N)nc2c1ncn2[C@@H]1O[C@H](COP(=S)(NC(C)C(=O)OC(C)C)Oc2ccccc2)[C@@H](O)[C@@]1(C)F. The molecule has 3 heterocycles. The Hall–Kier alpha value is -2.94. The second-order valence-electron chi connectivity index (χ2n) is 9.66. The van der Waals surface area contributed by atoms with Crippen LogP contribution in [-0.4, -0.2) is 74.3 Å². The first-order valence-corrected chi connectivity index (χ1v) is 15.2. The Bertz CT molecular complexity index is 1390. The number of carbonyl (C=O) groups is 1. The Labute approximate surface area is 235 Å². The Morgan fingerprint density at radius 3 is 2.67 bits per heavy atom. The normalized spacial score (nSPS) is 25.1. The zero-order chi connectivity index (χ0) is 29.2. The second kappa shape index (κ2) is 11.9. The molecule has 1 saturated heterocycles. The van der Waals surface area contributed by atoms with Crippen molar-refractivity contribution in [1.29, 1.82) is 0 Å². The van der Waals surface area contributed by atoms with Gasteiger partial charge in [-0.3, -0.25) is 9.36 Å². The first-order valence-electron chi connectivity index (χ1n) is 12.5. The van der Waals surface area contributed by atoms with Gasteiger partial charge in [-0.05, 0) is 51.6 Å². The third-order valence-electron chi connectivity index (χ3n) is 6.08. The fraction of sp³-hybridized carbons (Fsp3) is 0.500. The van der Waals surface area contributed by atoms with Crippen molar-refractivity contribution in [3.63, 3.8) is 0 Å². The molecular formula is C24H33FN7O6PS. The minimum atomic E-state index is -3.45. The fourth-order valence-corrected chi connectivity index (χ4v) is 6.55. The van der Waals surface area contributed by atoms with Crippen LogP contribution in [0.3, 0.4) is 0 Å². The number of halogens is 1. The quantitative estimate of drug-likeness (QED) is 0.188. The Kier molecular flexibility index (Phi) is 8.93. The highest BCUT2D eigenvalue weighted by Gasteiger charge is 2.56. The number of aromatic nitrogens is 4. The smallest absolute Gasteiger partial charge is 0.323 e. The monoisotopic (exact) mass is 597 g/mol. The summed E-state index contributed by atoms with van der Waals surface area (Å²) >= 11 is 5.70. The zero-order valence-electron chi connectivity index (χ0n) is 22.6. The highest BCUT2D eigenvalue weighted by atomic mass is 32.5. The number of fused-ring (bicyclic) bond motifs is 1. The van der Waals surface area contributed by atoms with E-state index in [1.54, 1.807) is 58.2 Å². The molecule has 6 atom stereocenters. The largest absolute Gasteiger partial charge is 0.462 e. The maximum absolute atomic E-state index is 16.0. The standard InChI is InChI=1S/C24H33FN7O6PS/c1-13(2)36-21(34)14(3)31-39(40,38-15-9-7-6-8-10-15)35-11-16-18(33)24(4,25)22(37-16)32-12-28-17-19(27-5)29-23(26)30-20(17)32/h6-10,12-14,16,18,22,33H,11H2,1-5H3,(H,31,40)(H3,26,27,29,30)/t14?,16-,18-,22-,24-,39?/m1/s1. The van der Waals surface area contributed by atoms with Crippen molar-refractivity contribution in [2.45, 2.75) is 63.9 Å². The van der Waals surface area contributed by atoms with Gasteiger partial charge in [0.1, 0.15) is 24.0 Å². The van der Waals surface area contributed by atoms with Crippen molar-refractivity contribution in [3.8, 4) is 5.75 Å². The first-order chi connectivity index (χ1) is 18.8. The van der Waals surface area contributed by atoms with Gasteiger partial charge in [0.15, 0.2) is 28.9 Å². The number of anilines is 2. The number of hydrogen-bond donors (Lipinski definition) is 4. The van der Waals surface area contributed by atoms with Gasteiger partial charge in [0.05, 0.1) is 19.0 Å². The molecule has 0 amide bonds. The predicted molar refractivity (Wildman–Crippen MR) is 150 cm³/mol. The molecule has 4 rings (SSSR count). The van der Waals surface area contributed by atoms with E-state index in [9.17, 15) is 9.90 Å². The van der Waals surface area contributed by atoms with Gasteiger partial charge in [0.2, 0.25) is 5.95 Å². The summed E-state index contributed by atoms with van der Waals surface area (Å²) in [5, 5.41) is 16.7. The summed E-state index contributed by atoms with van der Waals surface area (Å²) in [5.74, 6) is 0.154. The summed E-state index contributed by atoms with van der Waals surface area (Å²) in [5.41, 5.74) is 4.11. The molecule has 16 heteroatoms. The summed E-state index contributed by atoms with van der Waals surface area (Å²) in [6.07, 6.45) is -3.12. The Morgan fingerprint density at radius 2 is 2.02 bits per heavy atom. The topological polar surface area (TPSA) is 168 Å². The number of aliphatic hydroxyl groups excluding tert-OH is 1. The van der Waals surface area contributed by atoms with Crippen LogP contribution in [0.2, 0.25) is 0 Å². The average Bonchev–Trinajstić information content (AvgIpc) is 3.40. The molecule has 1 aliphatic heterocycles. The van der Waals surface area contributed by atoms with Gasteiger partial charge in [-0.1, -0.05) is 18.2 Å². The van der Waals surface area contributed by atoms with Crippen LogP contribution in [0.25, 0.3) is 11.2 Å². The molecule has 1 aromatic carbocycles. The molecule has 1 fully saturated rings. The maximum atomic E-state index is 16.0. The Balaban J connectivity index is 1.56. The molecule has 1 aliphatic rings. The van der Waals surface area contributed by atoms with E-state index in [1.807, 2.05) is 0 Å². The molecule has 0 spiro atoms. The summed E-state index contributed by atoms with van der Waals surface area (Å²) in [7, 11) is 1.64. The summed E-state index contributed by atoms with van der Waals surface area (Å²) in [4.78, 5) is 25.0. The van der Waals surface area contributed by atoms with Gasteiger partial charge in [0, 0.05) is 7.05 Å². The van der Waals surface area contributed by atoms with E-state index in [1.165, 1.54) is 17.8 Å². The van der Waals surface area contributed by atoms with E-state index >= 15 is 4.39 Å². The first kappa shape index (κ1) is 30.0. The average molecular weight is 598 g/mol. The fourth-order valence-electron chi connectivity index (χ4n) is 4.14. The zero-order valence-corrected chi connectivity index (χ0v) is 24.4. The lowest BCUT2D eigenvalue weighted by Gasteiger charge is -2.28. The van der Waals surface area contributed by atoms with Crippen molar-refractivity contribution in [3.05, 3.63) is 36.7 Å². The van der Waals surface area contributed by atoms with Gasteiger partial charge in [-0.25, -0.2) is 14.5 Å². The van der Waals surface area contributed by atoms with Crippen LogP contribution in [-0.2, 0) is 30.6 Å². The molecule has 0 aliphatic carbocycles. The molecule has 3 aromatic rings. The van der Waals surface area contributed by atoms with Crippen molar-refractivity contribution in [1.82, 2.24) is 24.6 Å². The molecule has 0 bridgehead atoms. The molecular weight excluding hydrogens is 564 g/mol. The van der Waals surface area contributed by atoms with Crippen molar-refractivity contribution < 1.29 is 32.8 Å². The number of ether oxygens (including phenoxy) is 2. The molecule has 218 valence electrons.